The third-order valence-electron chi connectivity index (χ3n) is 4.07. The number of nitrogens with one attached hydrogen (secondary N) is 2. The van der Waals surface area contributed by atoms with Crippen LogP contribution in [0.15, 0.2) is 18.2 Å². The molecule has 1 aromatic carbocycles. The van der Waals surface area contributed by atoms with Crippen molar-refractivity contribution in [3.05, 3.63) is 18.2 Å². The van der Waals surface area contributed by atoms with Crippen LogP contribution in [0.2, 0.25) is 0 Å². The van der Waals surface area contributed by atoms with E-state index in [1.54, 1.807) is 18.2 Å². The van der Waals surface area contributed by atoms with E-state index in [4.69, 9.17) is 4.74 Å². The number of hydrogen-bond acceptors (Lipinski definition) is 5. The Kier molecular flexibility index (Phi) is 6.02. The molecule has 1 aliphatic heterocycles. The topological polar surface area (TPSA) is 105 Å². The van der Waals surface area contributed by atoms with Crippen LogP contribution in [-0.4, -0.2) is 51.0 Å². The summed E-state index contributed by atoms with van der Waals surface area (Å²) in [7, 11) is -1.73. The van der Waals surface area contributed by atoms with Crippen LogP contribution >= 0.6 is 0 Å². The van der Waals surface area contributed by atoms with E-state index in [9.17, 15) is 18.0 Å². The van der Waals surface area contributed by atoms with Crippen molar-refractivity contribution in [2.75, 3.05) is 37.1 Å². The largest absolute Gasteiger partial charge is 0.495 e. The fourth-order valence-electron chi connectivity index (χ4n) is 2.77. The standard InChI is InChI=1S/C16H23N3O5S/c1-11(20)17-13-4-5-15(24-2)14(10-13)18-16(21)12-6-8-19(9-7-12)25(3,22)23/h4-5,10,12H,6-9H2,1-3H3,(H,17,20)(H,18,21). The van der Waals surface area contributed by atoms with Gasteiger partial charge in [-0.1, -0.05) is 0 Å². The molecule has 0 saturated carbocycles. The Morgan fingerprint density at radius 1 is 1.20 bits per heavy atom. The molecule has 0 radical (unpaired) electrons. The summed E-state index contributed by atoms with van der Waals surface area (Å²) >= 11 is 0. The maximum Gasteiger partial charge on any atom is 0.227 e. The molecule has 0 spiro atoms. The van der Waals surface area contributed by atoms with Crippen LogP contribution in [0, 0.1) is 5.92 Å². The van der Waals surface area contributed by atoms with Gasteiger partial charge in [0.05, 0.1) is 19.1 Å². The molecule has 1 fully saturated rings. The Bertz CT molecular complexity index is 755. The summed E-state index contributed by atoms with van der Waals surface area (Å²) in [5.41, 5.74) is 1.01. The summed E-state index contributed by atoms with van der Waals surface area (Å²) in [4.78, 5) is 23.7. The number of carbonyl (C=O) groups is 2. The lowest BCUT2D eigenvalue weighted by Gasteiger charge is -2.29. The molecule has 1 saturated heterocycles. The van der Waals surface area contributed by atoms with Crippen molar-refractivity contribution >= 4 is 33.2 Å². The van der Waals surface area contributed by atoms with Crippen LogP contribution in [0.5, 0.6) is 5.75 Å². The van der Waals surface area contributed by atoms with E-state index in [0.717, 1.165) is 0 Å². The van der Waals surface area contributed by atoms with Gasteiger partial charge in [-0.15, -0.1) is 0 Å². The second kappa shape index (κ2) is 7.83. The van der Waals surface area contributed by atoms with Crippen LogP contribution in [0.25, 0.3) is 0 Å². The molecule has 0 aromatic heterocycles. The van der Waals surface area contributed by atoms with Gasteiger partial charge >= 0.3 is 0 Å². The van der Waals surface area contributed by atoms with Gasteiger partial charge in [-0.05, 0) is 31.0 Å². The first-order chi connectivity index (χ1) is 11.7. The van der Waals surface area contributed by atoms with Crippen molar-refractivity contribution in [2.45, 2.75) is 19.8 Å². The smallest absolute Gasteiger partial charge is 0.227 e. The Labute approximate surface area is 147 Å². The Morgan fingerprint density at radius 2 is 1.84 bits per heavy atom. The van der Waals surface area contributed by atoms with E-state index in [0.29, 0.717) is 43.1 Å². The lowest BCUT2D eigenvalue weighted by molar-refractivity contribution is -0.121. The molecule has 8 nitrogen and oxygen atoms in total. The molecule has 1 aromatic rings. The Hall–Kier alpha value is -2.13. The second-order valence-corrected chi connectivity index (χ2v) is 8.00. The molecule has 2 rings (SSSR count). The molecule has 2 amide bonds. The first-order valence-electron chi connectivity index (χ1n) is 7.92. The lowest BCUT2D eigenvalue weighted by atomic mass is 9.97. The van der Waals surface area contributed by atoms with E-state index in [2.05, 4.69) is 10.6 Å². The van der Waals surface area contributed by atoms with Crippen LogP contribution in [0.4, 0.5) is 11.4 Å². The number of nitrogens with zero attached hydrogens (tertiary/aromatic N) is 1. The van der Waals surface area contributed by atoms with Gasteiger partial charge in [0, 0.05) is 31.6 Å². The van der Waals surface area contributed by atoms with E-state index in [1.807, 2.05) is 0 Å². The first-order valence-corrected chi connectivity index (χ1v) is 9.77. The van der Waals surface area contributed by atoms with Gasteiger partial charge in [-0.25, -0.2) is 12.7 Å². The predicted octanol–water partition coefficient (Wildman–Crippen LogP) is 1.26. The number of hydrogen-bond donors (Lipinski definition) is 2. The highest BCUT2D eigenvalue weighted by atomic mass is 32.2. The zero-order valence-corrected chi connectivity index (χ0v) is 15.4. The van der Waals surface area contributed by atoms with Crippen molar-refractivity contribution in [1.82, 2.24) is 4.31 Å². The zero-order valence-electron chi connectivity index (χ0n) is 14.5. The van der Waals surface area contributed by atoms with Crippen molar-refractivity contribution in [1.29, 1.82) is 0 Å². The quantitative estimate of drug-likeness (QED) is 0.813. The van der Waals surface area contributed by atoms with Crippen molar-refractivity contribution in [3.63, 3.8) is 0 Å². The lowest BCUT2D eigenvalue weighted by Crippen LogP contribution is -2.40. The molecule has 1 aliphatic rings. The van der Waals surface area contributed by atoms with Crippen LogP contribution in [0.1, 0.15) is 19.8 Å². The van der Waals surface area contributed by atoms with Crippen LogP contribution in [-0.2, 0) is 19.6 Å². The molecule has 0 bridgehead atoms. The third kappa shape index (κ3) is 5.17. The number of amides is 2. The monoisotopic (exact) mass is 369 g/mol. The second-order valence-electron chi connectivity index (χ2n) is 6.02. The minimum Gasteiger partial charge on any atom is -0.495 e. The maximum absolute atomic E-state index is 12.5. The number of rotatable bonds is 5. The number of sulfonamides is 1. The average Bonchev–Trinajstić information content (AvgIpc) is 2.54. The van der Waals surface area contributed by atoms with Crippen molar-refractivity contribution in [2.24, 2.45) is 5.92 Å². The van der Waals surface area contributed by atoms with Gasteiger partial charge in [-0.3, -0.25) is 9.59 Å². The number of piperidine rings is 1. The van der Waals surface area contributed by atoms with Gasteiger partial charge in [-0.2, -0.15) is 0 Å². The molecule has 9 heteroatoms. The predicted molar refractivity (Wildman–Crippen MR) is 95.1 cm³/mol. The molecule has 0 atom stereocenters. The molecular formula is C16H23N3O5S. The van der Waals surface area contributed by atoms with Gasteiger partial charge in [0.2, 0.25) is 21.8 Å². The van der Waals surface area contributed by atoms with E-state index in [1.165, 1.54) is 24.6 Å². The molecule has 1 heterocycles. The number of benzene rings is 1. The number of anilines is 2. The Balaban J connectivity index is 2.06. The highest BCUT2D eigenvalue weighted by molar-refractivity contribution is 7.88. The molecular weight excluding hydrogens is 346 g/mol. The highest BCUT2D eigenvalue weighted by Crippen LogP contribution is 2.29. The van der Waals surface area contributed by atoms with Gasteiger partial charge in [0.1, 0.15) is 5.75 Å². The zero-order chi connectivity index (χ0) is 18.6. The molecule has 2 N–H and O–H groups in total. The highest BCUT2D eigenvalue weighted by Gasteiger charge is 2.29. The summed E-state index contributed by atoms with van der Waals surface area (Å²) in [5, 5.41) is 5.47. The van der Waals surface area contributed by atoms with Gasteiger partial charge in [0.25, 0.3) is 0 Å². The first kappa shape index (κ1) is 19.2. The van der Waals surface area contributed by atoms with E-state index >= 15 is 0 Å². The fraction of sp³-hybridized carbons (Fsp3) is 0.500. The van der Waals surface area contributed by atoms with Crippen LogP contribution < -0.4 is 15.4 Å². The summed E-state index contributed by atoms with van der Waals surface area (Å²) < 4.78 is 29.7. The summed E-state index contributed by atoms with van der Waals surface area (Å²) in [6.07, 6.45) is 2.10. The minimum atomic E-state index is -3.22. The number of carbonyl (C=O) groups excluding carboxylic acids is 2. The molecule has 25 heavy (non-hydrogen) atoms. The molecule has 0 unspecified atom stereocenters. The van der Waals surface area contributed by atoms with E-state index in [-0.39, 0.29) is 17.7 Å². The van der Waals surface area contributed by atoms with E-state index < -0.39 is 10.0 Å². The van der Waals surface area contributed by atoms with Gasteiger partial charge in [0.15, 0.2) is 0 Å². The third-order valence-corrected chi connectivity index (χ3v) is 5.37. The summed E-state index contributed by atoms with van der Waals surface area (Å²) in [5.74, 6) is -0.190. The SMILES string of the molecule is COc1ccc(NC(C)=O)cc1NC(=O)C1CCN(S(C)(=O)=O)CC1. The molecule has 0 aliphatic carbocycles. The van der Waals surface area contributed by atoms with Crippen molar-refractivity contribution < 1.29 is 22.7 Å². The maximum atomic E-state index is 12.5. The summed E-state index contributed by atoms with van der Waals surface area (Å²) in [6, 6.07) is 4.97. The molecule has 138 valence electrons. The summed E-state index contributed by atoms with van der Waals surface area (Å²) in [6.45, 7) is 2.07. The fourth-order valence-corrected chi connectivity index (χ4v) is 3.65. The van der Waals surface area contributed by atoms with Gasteiger partial charge < -0.3 is 15.4 Å². The number of methoxy groups -OCH3 is 1. The minimum absolute atomic E-state index is 0.188. The van der Waals surface area contributed by atoms with Crippen LogP contribution in [0.3, 0.4) is 0 Å². The number of ether oxygens (including phenoxy) is 1. The normalized spacial score (nSPS) is 16.3. The van der Waals surface area contributed by atoms with Crippen molar-refractivity contribution in [3.8, 4) is 5.75 Å². The average molecular weight is 369 g/mol. The Morgan fingerprint density at radius 3 is 2.36 bits per heavy atom.